The van der Waals surface area contributed by atoms with Gasteiger partial charge in [-0.2, -0.15) is 0 Å². The SMILES string of the molecule is COC1(C(=O)O)CCCN(C(=O)C#CCNC(=O)OCC2c3ccccc3-c3ccccc32)C1. The van der Waals surface area contributed by atoms with Crippen LogP contribution in [0.1, 0.15) is 29.9 Å². The van der Waals surface area contributed by atoms with Crippen LogP contribution in [-0.4, -0.2) is 66.9 Å². The molecule has 4 rings (SSSR count). The summed E-state index contributed by atoms with van der Waals surface area (Å²) in [6.45, 7) is 0.469. The summed E-state index contributed by atoms with van der Waals surface area (Å²) in [6.07, 6.45) is 0.219. The number of hydrogen-bond acceptors (Lipinski definition) is 5. The van der Waals surface area contributed by atoms with Gasteiger partial charge in [0.05, 0.1) is 13.1 Å². The van der Waals surface area contributed by atoms with Crippen LogP contribution in [0.15, 0.2) is 48.5 Å². The van der Waals surface area contributed by atoms with Crippen LogP contribution in [0.2, 0.25) is 0 Å². The summed E-state index contributed by atoms with van der Waals surface area (Å²) in [5.74, 6) is 3.41. The normalized spacial score (nSPS) is 18.8. The number of hydrogen-bond donors (Lipinski definition) is 2. The van der Waals surface area contributed by atoms with Gasteiger partial charge < -0.3 is 24.8 Å². The lowest BCUT2D eigenvalue weighted by Crippen LogP contribution is -2.55. The topological polar surface area (TPSA) is 105 Å². The summed E-state index contributed by atoms with van der Waals surface area (Å²) >= 11 is 0. The van der Waals surface area contributed by atoms with Gasteiger partial charge in [0.2, 0.25) is 0 Å². The zero-order valence-electron chi connectivity index (χ0n) is 18.9. The molecule has 1 heterocycles. The minimum atomic E-state index is -1.41. The molecule has 1 atom stereocenters. The first-order chi connectivity index (χ1) is 16.4. The Kier molecular flexibility index (Phi) is 6.85. The van der Waals surface area contributed by atoms with Crippen molar-refractivity contribution in [3.05, 3.63) is 59.7 Å². The molecular weight excluding hydrogens is 436 g/mol. The predicted molar refractivity (Wildman–Crippen MR) is 124 cm³/mol. The van der Waals surface area contributed by atoms with E-state index >= 15 is 0 Å². The monoisotopic (exact) mass is 462 g/mol. The number of carboxylic acids is 1. The zero-order valence-corrected chi connectivity index (χ0v) is 18.9. The molecule has 8 heteroatoms. The van der Waals surface area contributed by atoms with Crippen molar-refractivity contribution in [2.45, 2.75) is 24.4 Å². The Balaban J connectivity index is 1.28. The first-order valence-corrected chi connectivity index (χ1v) is 11.1. The lowest BCUT2D eigenvalue weighted by molar-refractivity contribution is -0.170. The van der Waals surface area contributed by atoms with Gasteiger partial charge in [-0.15, -0.1) is 0 Å². The third kappa shape index (κ3) is 4.61. The van der Waals surface area contributed by atoms with Gasteiger partial charge in [-0.25, -0.2) is 9.59 Å². The predicted octanol–water partition coefficient (Wildman–Crippen LogP) is 2.62. The van der Waals surface area contributed by atoms with Crippen LogP contribution < -0.4 is 5.32 Å². The number of likely N-dealkylation sites (tertiary alicyclic amines) is 1. The molecular formula is C26H26N2O6. The number of amides is 2. The van der Waals surface area contributed by atoms with Gasteiger partial charge >= 0.3 is 12.1 Å². The van der Waals surface area contributed by atoms with Crippen molar-refractivity contribution >= 4 is 18.0 Å². The number of piperidine rings is 1. The fourth-order valence-corrected chi connectivity index (χ4v) is 4.59. The Bertz CT molecular complexity index is 1120. The molecule has 2 N–H and O–H groups in total. The standard InChI is InChI=1S/C26H26N2O6/c1-33-26(24(30)31)13-7-15-28(17-26)23(29)12-6-14-27-25(32)34-16-22-20-10-4-2-8-18(20)19-9-3-5-11-21(19)22/h2-5,8-11,22H,7,13-17H2,1H3,(H,27,32)(H,30,31). The lowest BCUT2D eigenvalue weighted by atomic mass is 9.92. The van der Waals surface area contributed by atoms with Gasteiger partial charge in [0.25, 0.3) is 5.91 Å². The van der Waals surface area contributed by atoms with E-state index < -0.39 is 23.6 Å². The van der Waals surface area contributed by atoms with Crippen LogP contribution in [0.25, 0.3) is 11.1 Å². The molecule has 0 bridgehead atoms. The fraction of sp³-hybridized carbons (Fsp3) is 0.346. The third-order valence-electron chi connectivity index (χ3n) is 6.38. The molecule has 1 fully saturated rings. The number of nitrogens with zero attached hydrogens (tertiary/aromatic N) is 1. The quantitative estimate of drug-likeness (QED) is 0.662. The van der Waals surface area contributed by atoms with Gasteiger partial charge in [0, 0.05) is 19.6 Å². The van der Waals surface area contributed by atoms with Gasteiger partial charge in [-0.05, 0) is 41.0 Å². The molecule has 0 aromatic heterocycles. The van der Waals surface area contributed by atoms with E-state index in [1.165, 1.54) is 12.0 Å². The number of benzene rings is 2. The summed E-state index contributed by atoms with van der Waals surface area (Å²) in [4.78, 5) is 37.5. The highest BCUT2D eigenvalue weighted by Gasteiger charge is 2.43. The van der Waals surface area contributed by atoms with Gasteiger partial charge in [-0.3, -0.25) is 4.79 Å². The number of ether oxygens (including phenoxy) is 2. The highest BCUT2D eigenvalue weighted by molar-refractivity contribution is 5.94. The van der Waals surface area contributed by atoms with Crippen molar-refractivity contribution in [3.63, 3.8) is 0 Å². The molecule has 1 aliphatic carbocycles. The van der Waals surface area contributed by atoms with E-state index in [1.54, 1.807) is 0 Å². The number of alkyl carbamates (subject to hydrolysis) is 1. The molecule has 2 aromatic carbocycles. The maximum Gasteiger partial charge on any atom is 0.407 e. The number of methoxy groups -OCH3 is 1. The minimum Gasteiger partial charge on any atom is -0.479 e. The van der Waals surface area contributed by atoms with E-state index in [2.05, 4.69) is 29.3 Å². The summed E-state index contributed by atoms with van der Waals surface area (Å²) in [6, 6.07) is 16.1. The van der Waals surface area contributed by atoms with Crippen molar-refractivity contribution in [1.82, 2.24) is 10.2 Å². The molecule has 1 aliphatic heterocycles. The Morgan fingerprint density at radius 1 is 1.12 bits per heavy atom. The number of aliphatic carboxylic acids is 1. The van der Waals surface area contributed by atoms with E-state index in [4.69, 9.17) is 9.47 Å². The summed E-state index contributed by atoms with van der Waals surface area (Å²) in [7, 11) is 1.33. The minimum absolute atomic E-state index is 0.0415. The molecule has 0 saturated carbocycles. The van der Waals surface area contributed by atoms with Crippen molar-refractivity contribution in [2.24, 2.45) is 0 Å². The van der Waals surface area contributed by atoms with Crippen LogP contribution in [0.5, 0.6) is 0 Å². The fourth-order valence-electron chi connectivity index (χ4n) is 4.59. The molecule has 34 heavy (non-hydrogen) atoms. The van der Waals surface area contributed by atoms with Crippen molar-refractivity contribution in [2.75, 3.05) is 33.4 Å². The summed E-state index contributed by atoms with van der Waals surface area (Å²) < 4.78 is 10.6. The van der Waals surface area contributed by atoms with E-state index in [0.717, 1.165) is 22.3 Å². The van der Waals surface area contributed by atoms with Crippen LogP contribution in [0.4, 0.5) is 4.79 Å². The van der Waals surface area contributed by atoms with Crippen molar-refractivity contribution in [3.8, 4) is 23.0 Å². The van der Waals surface area contributed by atoms with Gasteiger partial charge in [0.1, 0.15) is 6.61 Å². The van der Waals surface area contributed by atoms with Crippen molar-refractivity contribution < 1.29 is 29.0 Å². The van der Waals surface area contributed by atoms with E-state index in [1.807, 2.05) is 36.4 Å². The maximum absolute atomic E-state index is 12.4. The number of carbonyl (C=O) groups is 3. The van der Waals surface area contributed by atoms with Gasteiger partial charge in [-0.1, -0.05) is 54.5 Å². The molecule has 2 amide bonds. The highest BCUT2D eigenvalue weighted by Crippen LogP contribution is 2.44. The van der Waals surface area contributed by atoms with Crippen LogP contribution >= 0.6 is 0 Å². The Hall–Kier alpha value is -3.83. The van der Waals surface area contributed by atoms with Crippen LogP contribution in [0.3, 0.4) is 0 Å². The molecule has 1 saturated heterocycles. The van der Waals surface area contributed by atoms with E-state index in [0.29, 0.717) is 19.4 Å². The maximum atomic E-state index is 12.4. The second kappa shape index (κ2) is 9.98. The smallest absolute Gasteiger partial charge is 0.407 e. The average Bonchev–Trinajstić information content (AvgIpc) is 3.18. The van der Waals surface area contributed by atoms with Crippen molar-refractivity contribution in [1.29, 1.82) is 0 Å². The number of fused-ring (bicyclic) bond motifs is 3. The Labute approximate surface area is 197 Å². The zero-order chi connectivity index (χ0) is 24.1. The Morgan fingerprint density at radius 3 is 2.38 bits per heavy atom. The Morgan fingerprint density at radius 2 is 1.76 bits per heavy atom. The van der Waals surface area contributed by atoms with Gasteiger partial charge in [0.15, 0.2) is 5.60 Å². The third-order valence-corrected chi connectivity index (χ3v) is 6.38. The van der Waals surface area contributed by atoms with E-state index in [9.17, 15) is 19.5 Å². The number of rotatable bonds is 5. The first-order valence-electron chi connectivity index (χ1n) is 11.1. The molecule has 2 aliphatic rings. The van der Waals surface area contributed by atoms with Crippen LogP contribution in [0, 0.1) is 11.8 Å². The number of carboxylic acid groups (broad SMARTS) is 1. The molecule has 2 aromatic rings. The molecule has 176 valence electrons. The second-order valence-electron chi connectivity index (χ2n) is 8.31. The number of carbonyl (C=O) groups excluding carboxylic acids is 2. The first kappa shape index (κ1) is 23.3. The van der Waals surface area contributed by atoms with E-state index in [-0.39, 0.29) is 25.6 Å². The highest BCUT2D eigenvalue weighted by atomic mass is 16.5. The summed E-state index contributed by atoms with van der Waals surface area (Å²) in [5, 5.41) is 12.0. The summed E-state index contributed by atoms with van der Waals surface area (Å²) in [5.41, 5.74) is 3.13. The molecule has 8 nitrogen and oxygen atoms in total. The molecule has 0 radical (unpaired) electrons. The molecule has 1 unspecified atom stereocenters. The lowest BCUT2D eigenvalue weighted by Gasteiger charge is -2.37. The largest absolute Gasteiger partial charge is 0.479 e. The molecule has 0 spiro atoms. The number of nitrogens with one attached hydrogen (secondary N) is 1. The second-order valence-corrected chi connectivity index (χ2v) is 8.31. The average molecular weight is 463 g/mol. The van der Waals surface area contributed by atoms with Crippen LogP contribution in [-0.2, 0) is 19.1 Å².